The SMILES string of the molecule is COc1cccc(CC2(OC)CNC2)c1OC. The summed E-state index contributed by atoms with van der Waals surface area (Å²) in [5.74, 6) is 1.57. The molecule has 0 unspecified atom stereocenters. The molecule has 0 saturated carbocycles. The second-order valence-corrected chi connectivity index (χ2v) is 4.32. The molecular formula is C13H19NO3. The molecule has 0 radical (unpaired) electrons. The first-order chi connectivity index (χ1) is 8.24. The minimum atomic E-state index is -0.0976. The van der Waals surface area contributed by atoms with Crippen LogP contribution in [0.15, 0.2) is 18.2 Å². The van der Waals surface area contributed by atoms with Crippen LogP contribution < -0.4 is 14.8 Å². The van der Waals surface area contributed by atoms with Crippen molar-refractivity contribution in [2.45, 2.75) is 12.0 Å². The predicted molar refractivity (Wildman–Crippen MR) is 65.9 cm³/mol. The average molecular weight is 237 g/mol. The molecule has 0 aromatic heterocycles. The number of para-hydroxylation sites is 1. The third kappa shape index (κ3) is 2.23. The Bertz CT molecular complexity index is 383. The van der Waals surface area contributed by atoms with Crippen LogP contribution in [0.4, 0.5) is 0 Å². The summed E-state index contributed by atoms with van der Waals surface area (Å²) in [6.07, 6.45) is 0.830. The standard InChI is InChI=1S/C13H19NO3/c1-15-11-6-4-5-10(12(11)16-2)7-13(17-3)8-14-9-13/h4-6,14H,7-9H2,1-3H3. The maximum Gasteiger partial charge on any atom is 0.164 e. The Labute approximate surface area is 102 Å². The van der Waals surface area contributed by atoms with Gasteiger partial charge in [-0.3, -0.25) is 0 Å². The number of rotatable bonds is 5. The van der Waals surface area contributed by atoms with Gasteiger partial charge in [0.25, 0.3) is 0 Å². The van der Waals surface area contributed by atoms with Gasteiger partial charge >= 0.3 is 0 Å². The summed E-state index contributed by atoms with van der Waals surface area (Å²) in [6, 6.07) is 5.94. The van der Waals surface area contributed by atoms with Gasteiger partial charge in [-0.25, -0.2) is 0 Å². The molecule has 0 aliphatic carbocycles. The minimum absolute atomic E-state index is 0.0976. The molecule has 94 valence electrons. The first kappa shape index (κ1) is 12.2. The predicted octanol–water partition coefficient (Wildman–Crippen LogP) is 1.23. The highest BCUT2D eigenvalue weighted by molar-refractivity contribution is 5.47. The maximum absolute atomic E-state index is 5.59. The van der Waals surface area contributed by atoms with Crippen LogP contribution in [0.1, 0.15) is 5.56 Å². The fourth-order valence-corrected chi connectivity index (χ4v) is 2.19. The van der Waals surface area contributed by atoms with Crippen molar-refractivity contribution in [3.8, 4) is 11.5 Å². The fraction of sp³-hybridized carbons (Fsp3) is 0.538. The van der Waals surface area contributed by atoms with Crippen molar-refractivity contribution < 1.29 is 14.2 Å². The number of nitrogens with one attached hydrogen (secondary N) is 1. The molecule has 2 rings (SSSR count). The van der Waals surface area contributed by atoms with E-state index in [-0.39, 0.29) is 5.60 Å². The van der Waals surface area contributed by atoms with E-state index in [1.54, 1.807) is 21.3 Å². The molecule has 1 saturated heterocycles. The third-order valence-electron chi connectivity index (χ3n) is 3.32. The van der Waals surface area contributed by atoms with Gasteiger partial charge in [0.15, 0.2) is 11.5 Å². The quantitative estimate of drug-likeness (QED) is 0.836. The molecule has 0 spiro atoms. The van der Waals surface area contributed by atoms with E-state index in [1.807, 2.05) is 12.1 Å². The first-order valence-corrected chi connectivity index (χ1v) is 5.70. The minimum Gasteiger partial charge on any atom is -0.493 e. The normalized spacial score (nSPS) is 17.4. The first-order valence-electron chi connectivity index (χ1n) is 5.70. The van der Waals surface area contributed by atoms with Crippen molar-refractivity contribution in [1.82, 2.24) is 5.32 Å². The number of ether oxygens (including phenoxy) is 3. The Morgan fingerprint density at radius 2 is 1.94 bits per heavy atom. The van der Waals surface area contributed by atoms with Crippen LogP contribution in [0.2, 0.25) is 0 Å². The second kappa shape index (κ2) is 4.94. The van der Waals surface area contributed by atoms with E-state index in [0.29, 0.717) is 0 Å². The van der Waals surface area contributed by atoms with Crippen LogP contribution in [0, 0.1) is 0 Å². The molecular weight excluding hydrogens is 218 g/mol. The average Bonchev–Trinajstić information content (AvgIpc) is 2.33. The molecule has 1 fully saturated rings. The van der Waals surface area contributed by atoms with Gasteiger partial charge in [0.2, 0.25) is 0 Å². The van der Waals surface area contributed by atoms with Crippen molar-refractivity contribution in [3.05, 3.63) is 23.8 Å². The summed E-state index contributed by atoms with van der Waals surface area (Å²) < 4.78 is 16.3. The van der Waals surface area contributed by atoms with Gasteiger partial charge < -0.3 is 19.5 Å². The lowest BCUT2D eigenvalue weighted by atomic mass is 9.88. The molecule has 1 aromatic rings. The second-order valence-electron chi connectivity index (χ2n) is 4.32. The molecule has 0 bridgehead atoms. The number of hydrogen-bond acceptors (Lipinski definition) is 4. The summed E-state index contributed by atoms with van der Waals surface area (Å²) in [5.41, 5.74) is 1.02. The molecule has 4 nitrogen and oxygen atoms in total. The molecule has 4 heteroatoms. The molecule has 1 aliphatic heterocycles. The van der Waals surface area contributed by atoms with E-state index in [1.165, 1.54) is 0 Å². The van der Waals surface area contributed by atoms with E-state index in [4.69, 9.17) is 14.2 Å². The van der Waals surface area contributed by atoms with Crippen LogP contribution in [-0.2, 0) is 11.2 Å². The Hall–Kier alpha value is -1.26. The van der Waals surface area contributed by atoms with Gasteiger partial charge in [-0.05, 0) is 6.07 Å². The Morgan fingerprint density at radius 3 is 2.41 bits per heavy atom. The van der Waals surface area contributed by atoms with Crippen LogP contribution in [0.25, 0.3) is 0 Å². The van der Waals surface area contributed by atoms with Gasteiger partial charge in [0.1, 0.15) is 0 Å². The fourth-order valence-electron chi connectivity index (χ4n) is 2.19. The highest BCUT2D eigenvalue weighted by Crippen LogP contribution is 2.34. The number of benzene rings is 1. The molecule has 0 amide bonds. The summed E-state index contributed by atoms with van der Waals surface area (Å²) >= 11 is 0. The zero-order valence-electron chi connectivity index (χ0n) is 10.6. The van der Waals surface area contributed by atoms with E-state index in [2.05, 4.69) is 11.4 Å². The third-order valence-corrected chi connectivity index (χ3v) is 3.32. The molecule has 17 heavy (non-hydrogen) atoms. The van der Waals surface area contributed by atoms with Gasteiger partial charge in [0.05, 0.1) is 19.8 Å². The summed E-state index contributed by atoms with van der Waals surface area (Å²) in [5, 5.41) is 3.24. The molecule has 1 N–H and O–H groups in total. The van der Waals surface area contributed by atoms with Gasteiger partial charge in [-0.1, -0.05) is 12.1 Å². The summed E-state index contributed by atoms with van der Waals surface area (Å²) in [6.45, 7) is 1.76. The van der Waals surface area contributed by atoms with Gasteiger partial charge in [-0.2, -0.15) is 0 Å². The number of hydrogen-bond donors (Lipinski definition) is 1. The smallest absolute Gasteiger partial charge is 0.164 e. The van der Waals surface area contributed by atoms with E-state index in [9.17, 15) is 0 Å². The van der Waals surface area contributed by atoms with Crippen LogP contribution in [0.5, 0.6) is 11.5 Å². The zero-order chi connectivity index (χ0) is 12.3. The lowest BCUT2D eigenvalue weighted by Gasteiger charge is -2.41. The van der Waals surface area contributed by atoms with Crippen LogP contribution in [-0.4, -0.2) is 40.0 Å². The highest BCUT2D eigenvalue weighted by atomic mass is 16.5. The topological polar surface area (TPSA) is 39.7 Å². The maximum atomic E-state index is 5.59. The molecule has 1 aromatic carbocycles. The van der Waals surface area contributed by atoms with E-state index in [0.717, 1.165) is 36.6 Å². The monoisotopic (exact) mass is 237 g/mol. The van der Waals surface area contributed by atoms with Crippen molar-refractivity contribution in [2.24, 2.45) is 0 Å². The number of methoxy groups -OCH3 is 3. The molecule has 1 aliphatic rings. The Morgan fingerprint density at radius 1 is 1.18 bits per heavy atom. The van der Waals surface area contributed by atoms with E-state index < -0.39 is 0 Å². The molecule has 1 heterocycles. The Balaban J connectivity index is 2.25. The summed E-state index contributed by atoms with van der Waals surface area (Å²) in [7, 11) is 5.08. The van der Waals surface area contributed by atoms with E-state index >= 15 is 0 Å². The largest absolute Gasteiger partial charge is 0.493 e. The van der Waals surface area contributed by atoms with Gasteiger partial charge in [0, 0.05) is 32.2 Å². The zero-order valence-corrected chi connectivity index (χ0v) is 10.6. The van der Waals surface area contributed by atoms with Crippen molar-refractivity contribution in [2.75, 3.05) is 34.4 Å². The Kier molecular flexibility index (Phi) is 3.54. The lowest BCUT2D eigenvalue weighted by molar-refractivity contribution is -0.0505. The van der Waals surface area contributed by atoms with Crippen molar-refractivity contribution >= 4 is 0 Å². The highest BCUT2D eigenvalue weighted by Gasteiger charge is 2.37. The van der Waals surface area contributed by atoms with Crippen molar-refractivity contribution in [1.29, 1.82) is 0 Å². The van der Waals surface area contributed by atoms with Crippen LogP contribution in [0.3, 0.4) is 0 Å². The summed E-state index contributed by atoms with van der Waals surface area (Å²) in [4.78, 5) is 0. The van der Waals surface area contributed by atoms with Crippen LogP contribution >= 0.6 is 0 Å². The van der Waals surface area contributed by atoms with Gasteiger partial charge in [-0.15, -0.1) is 0 Å². The van der Waals surface area contributed by atoms with Crippen molar-refractivity contribution in [3.63, 3.8) is 0 Å². The lowest BCUT2D eigenvalue weighted by Crippen LogP contribution is -2.61. The molecule has 0 atom stereocenters.